The molecule has 1 N–H and O–H groups in total. The Balaban J connectivity index is 2.55. The molecule has 0 amide bonds. The van der Waals surface area contributed by atoms with Crippen molar-refractivity contribution in [1.82, 2.24) is 0 Å². The van der Waals surface area contributed by atoms with Crippen LogP contribution in [0, 0.1) is 0 Å². The lowest BCUT2D eigenvalue weighted by Crippen LogP contribution is -2.26. The van der Waals surface area contributed by atoms with Crippen LogP contribution in [0.5, 0.6) is 5.75 Å². The number of carboxylic acids is 1. The average molecular weight is 286 g/mol. The Morgan fingerprint density at radius 1 is 1.32 bits per heavy atom. The third kappa shape index (κ3) is 5.83. The van der Waals surface area contributed by atoms with Crippen LogP contribution in [0.25, 0.3) is 0 Å². The minimum atomic E-state index is -0.854. The van der Waals surface area contributed by atoms with Gasteiger partial charge in [0.15, 0.2) is 0 Å². The third-order valence-corrected chi connectivity index (χ3v) is 2.80. The summed E-state index contributed by atoms with van der Waals surface area (Å²) in [6.07, 6.45) is 1.07. The van der Waals surface area contributed by atoms with Gasteiger partial charge in [-0.2, -0.15) is 0 Å². The van der Waals surface area contributed by atoms with Crippen molar-refractivity contribution in [3.63, 3.8) is 0 Å². The number of alkyl halides is 1. The lowest BCUT2D eigenvalue weighted by atomic mass is 10.2. The zero-order valence-electron chi connectivity index (χ0n) is 11.1. The molecular formula is C14H20ClNO3. The van der Waals surface area contributed by atoms with Crippen molar-refractivity contribution >= 4 is 23.3 Å². The predicted octanol–water partition coefficient (Wildman–Crippen LogP) is 3.00. The topological polar surface area (TPSA) is 49.8 Å². The summed E-state index contributed by atoms with van der Waals surface area (Å²) in [5.74, 6) is 0.428. The van der Waals surface area contributed by atoms with E-state index in [9.17, 15) is 4.79 Å². The van der Waals surface area contributed by atoms with E-state index in [1.54, 1.807) is 0 Å². The summed E-state index contributed by atoms with van der Waals surface area (Å²) in [5, 5.41) is 8.53. The largest absolute Gasteiger partial charge is 0.493 e. The van der Waals surface area contributed by atoms with Crippen molar-refractivity contribution < 1.29 is 14.6 Å². The molecule has 106 valence electrons. The van der Waals surface area contributed by atoms with Gasteiger partial charge in [-0.05, 0) is 30.7 Å². The van der Waals surface area contributed by atoms with Gasteiger partial charge in [0.1, 0.15) is 5.75 Å². The van der Waals surface area contributed by atoms with E-state index in [-0.39, 0.29) is 13.0 Å². The van der Waals surface area contributed by atoms with Crippen molar-refractivity contribution in [2.75, 3.05) is 30.5 Å². The standard InChI is InChI=1S/C14H20ClNO3/c1-2-9-16(10-8-15)12-3-5-13(6-4-12)19-11-7-14(17)18/h3-6H,2,7-11H2,1H3,(H,17,18). The fraction of sp³-hybridized carbons (Fsp3) is 0.500. The van der Waals surface area contributed by atoms with Crippen LogP contribution < -0.4 is 9.64 Å². The van der Waals surface area contributed by atoms with Crippen molar-refractivity contribution in [3.8, 4) is 5.75 Å². The van der Waals surface area contributed by atoms with E-state index in [0.29, 0.717) is 11.6 Å². The minimum absolute atomic E-state index is 0.00988. The highest BCUT2D eigenvalue weighted by molar-refractivity contribution is 6.18. The Kier molecular flexibility index (Phi) is 7.11. The average Bonchev–Trinajstić information content (AvgIpc) is 2.39. The van der Waals surface area contributed by atoms with Crippen LogP contribution in [0.3, 0.4) is 0 Å². The first-order valence-electron chi connectivity index (χ1n) is 6.43. The minimum Gasteiger partial charge on any atom is -0.493 e. The van der Waals surface area contributed by atoms with E-state index in [1.165, 1.54) is 0 Å². The third-order valence-electron chi connectivity index (χ3n) is 2.63. The van der Waals surface area contributed by atoms with Gasteiger partial charge >= 0.3 is 5.97 Å². The number of benzene rings is 1. The van der Waals surface area contributed by atoms with Gasteiger partial charge in [-0.15, -0.1) is 11.6 Å². The molecule has 1 aromatic carbocycles. The molecule has 0 aliphatic rings. The van der Waals surface area contributed by atoms with E-state index in [4.69, 9.17) is 21.4 Å². The summed E-state index contributed by atoms with van der Waals surface area (Å²) in [7, 11) is 0. The first-order valence-corrected chi connectivity index (χ1v) is 6.96. The first kappa shape index (κ1) is 15.6. The van der Waals surface area contributed by atoms with Crippen molar-refractivity contribution in [2.45, 2.75) is 19.8 Å². The number of nitrogens with zero attached hydrogens (tertiary/aromatic N) is 1. The molecule has 0 atom stereocenters. The van der Waals surface area contributed by atoms with E-state index in [1.807, 2.05) is 24.3 Å². The molecular weight excluding hydrogens is 266 g/mol. The van der Waals surface area contributed by atoms with E-state index >= 15 is 0 Å². The molecule has 4 nitrogen and oxygen atoms in total. The molecule has 1 rings (SSSR count). The van der Waals surface area contributed by atoms with E-state index in [0.717, 1.165) is 25.2 Å². The molecule has 0 bridgehead atoms. The SMILES string of the molecule is CCCN(CCCl)c1ccc(OCCC(=O)O)cc1. The van der Waals surface area contributed by atoms with Gasteiger partial charge in [0.25, 0.3) is 0 Å². The van der Waals surface area contributed by atoms with E-state index in [2.05, 4.69) is 11.8 Å². The summed E-state index contributed by atoms with van der Waals surface area (Å²) in [6.45, 7) is 4.10. The Morgan fingerprint density at radius 2 is 2.00 bits per heavy atom. The molecule has 5 heteroatoms. The second-order valence-corrected chi connectivity index (χ2v) is 4.54. The summed E-state index contributed by atoms with van der Waals surface area (Å²) < 4.78 is 5.35. The molecule has 0 aromatic heterocycles. The van der Waals surface area contributed by atoms with Crippen molar-refractivity contribution in [1.29, 1.82) is 0 Å². The lowest BCUT2D eigenvalue weighted by molar-refractivity contribution is -0.137. The van der Waals surface area contributed by atoms with Gasteiger partial charge in [0.05, 0.1) is 13.0 Å². The number of anilines is 1. The monoisotopic (exact) mass is 285 g/mol. The number of rotatable bonds is 9. The smallest absolute Gasteiger partial charge is 0.306 e. The molecule has 0 aliphatic heterocycles. The first-order chi connectivity index (χ1) is 9.17. The highest BCUT2D eigenvalue weighted by Crippen LogP contribution is 2.20. The number of halogens is 1. The van der Waals surface area contributed by atoms with Gasteiger partial charge in [0.2, 0.25) is 0 Å². The van der Waals surface area contributed by atoms with Crippen LogP contribution >= 0.6 is 11.6 Å². The molecule has 0 unspecified atom stereocenters. The van der Waals surface area contributed by atoms with Crippen LogP contribution in [-0.4, -0.2) is 36.7 Å². The van der Waals surface area contributed by atoms with Crippen molar-refractivity contribution in [3.05, 3.63) is 24.3 Å². The molecule has 0 saturated carbocycles. The maximum absolute atomic E-state index is 10.4. The lowest BCUT2D eigenvalue weighted by Gasteiger charge is -2.23. The van der Waals surface area contributed by atoms with E-state index < -0.39 is 5.97 Å². The Hall–Kier alpha value is -1.42. The Morgan fingerprint density at radius 3 is 2.53 bits per heavy atom. The number of hydrogen-bond donors (Lipinski definition) is 1. The number of hydrogen-bond acceptors (Lipinski definition) is 3. The maximum atomic E-state index is 10.4. The second kappa shape index (κ2) is 8.64. The molecule has 0 spiro atoms. The molecule has 0 radical (unpaired) electrons. The van der Waals surface area contributed by atoms with Crippen LogP contribution in [0.2, 0.25) is 0 Å². The van der Waals surface area contributed by atoms with Crippen molar-refractivity contribution in [2.24, 2.45) is 0 Å². The maximum Gasteiger partial charge on any atom is 0.306 e. The highest BCUT2D eigenvalue weighted by atomic mass is 35.5. The summed E-state index contributed by atoms with van der Waals surface area (Å²) in [4.78, 5) is 12.6. The summed E-state index contributed by atoms with van der Waals surface area (Å²) >= 11 is 5.79. The normalized spacial score (nSPS) is 10.2. The molecule has 0 heterocycles. The summed E-state index contributed by atoms with van der Waals surface area (Å²) in [6, 6.07) is 7.65. The highest BCUT2D eigenvalue weighted by Gasteiger charge is 2.05. The zero-order chi connectivity index (χ0) is 14.1. The van der Waals surface area contributed by atoms with Crippen LogP contribution in [0.1, 0.15) is 19.8 Å². The van der Waals surface area contributed by atoms with Gasteiger partial charge in [-0.25, -0.2) is 0 Å². The summed E-state index contributed by atoms with van der Waals surface area (Å²) in [5.41, 5.74) is 1.10. The fourth-order valence-electron chi connectivity index (χ4n) is 1.75. The number of aliphatic carboxylic acids is 1. The van der Waals surface area contributed by atoms with Gasteiger partial charge in [-0.1, -0.05) is 6.92 Å². The van der Waals surface area contributed by atoms with Gasteiger partial charge < -0.3 is 14.7 Å². The number of carbonyl (C=O) groups is 1. The Labute approximate surface area is 118 Å². The van der Waals surface area contributed by atoms with Gasteiger partial charge in [0, 0.05) is 24.7 Å². The molecule has 1 aromatic rings. The quantitative estimate of drug-likeness (QED) is 0.709. The van der Waals surface area contributed by atoms with Crippen LogP contribution in [-0.2, 0) is 4.79 Å². The Bertz CT molecular complexity index is 375. The second-order valence-electron chi connectivity index (χ2n) is 4.16. The molecule has 0 aliphatic carbocycles. The fourth-order valence-corrected chi connectivity index (χ4v) is 1.96. The number of carboxylic acid groups (broad SMARTS) is 1. The molecule has 19 heavy (non-hydrogen) atoms. The predicted molar refractivity (Wildman–Crippen MR) is 77.4 cm³/mol. The zero-order valence-corrected chi connectivity index (χ0v) is 11.9. The van der Waals surface area contributed by atoms with Crippen LogP contribution in [0.15, 0.2) is 24.3 Å². The van der Waals surface area contributed by atoms with Crippen LogP contribution in [0.4, 0.5) is 5.69 Å². The van der Waals surface area contributed by atoms with Gasteiger partial charge in [-0.3, -0.25) is 4.79 Å². The number of ether oxygens (including phenoxy) is 1. The molecule has 0 fully saturated rings. The molecule has 0 saturated heterocycles.